The van der Waals surface area contributed by atoms with Crippen molar-refractivity contribution in [2.24, 2.45) is 0 Å². The van der Waals surface area contributed by atoms with Crippen LogP contribution in [0.1, 0.15) is 22.8 Å². The topological polar surface area (TPSA) is 49.9 Å². The third-order valence-corrected chi connectivity index (χ3v) is 1.50. The zero-order valence-corrected chi connectivity index (χ0v) is 6.47. The van der Waals surface area contributed by atoms with E-state index in [4.69, 9.17) is 0 Å². The molecule has 0 unspecified atom stereocenters. The summed E-state index contributed by atoms with van der Waals surface area (Å²) in [6.07, 6.45) is 1.43. The predicted octanol–water partition coefficient (Wildman–Crippen LogP) is 0.886. The number of aromatic nitrogens is 1. The number of carbonyl (C=O) groups excluding carboxylic acids is 1. The standard InChI is InChI=1S/C8H9NO2/c1-5-3-7(6(2)10)4-9-8(5)11/h3-4H,1-2H3,(H,9,11). The van der Waals surface area contributed by atoms with Gasteiger partial charge in [0, 0.05) is 17.3 Å². The summed E-state index contributed by atoms with van der Waals surface area (Å²) in [6, 6.07) is 1.58. The van der Waals surface area contributed by atoms with Gasteiger partial charge in [-0.1, -0.05) is 0 Å². The van der Waals surface area contributed by atoms with E-state index in [1.807, 2.05) is 0 Å². The molecule has 11 heavy (non-hydrogen) atoms. The van der Waals surface area contributed by atoms with Crippen molar-refractivity contribution in [2.45, 2.75) is 13.8 Å². The van der Waals surface area contributed by atoms with Gasteiger partial charge in [-0.3, -0.25) is 9.59 Å². The van der Waals surface area contributed by atoms with Crippen LogP contribution in [0.15, 0.2) is 17.1 Å². The monoisotopic (exact) mass is 151 g/mol. The van der Waals surface area contributed by atoms with E-state index in [2.05, 4.69) is 4.98 Å². The molecule has 3 nitrogen and oxygen atoms in total. The fourth-order valence-corrected chi connectivity index (χ4v) is 0.801. The minimum atomic E-state index is -0.144. The molecule has 0 fully saturated rings. The van der Waals surface area contributed by atoms with Crippen LogP contribution < -0.4 is 5.56 Å². The molecule has 0 aliphatic carbocycles. The number of hydrogen-bond donors (Lipinski definition) is 1. The highest BCUT2D eigenvalue weighted by atomic mass is 16.1. The quantitative estimate of drug-likeness (QED) is 0.606. The fraction of sp³-hybridized carbons (Fsp3) is 0.250. The van der Waals surface area contributed by atoms with Gasteiger partial charge in [-0.2, -0.15) is 0 Å². The molecule has 0 saturated heterocycles. The molecule has 58 valence electrons. The Morgan fingerprint density at radius 1 is 1.55 bits per heavy atom. The number of aromatic amines is 1. The van der Waals surface area contributed by atoms with E-state index in [-0.39, 0.29) is 11.3 Å². The molecule has 0 aromatic carbocycles. The smallest absolute Gasteiger partial charge is 0.250 e. The molecule has 0 atom stereocenters. The van der Waals surface area contributed by atoms with Gasteiger partial charge in [0.25, 0.3) is 5.56 Å². The first-order valence-electron chi connectivity index (χ1n) is 3.31. The molecular formula is C8H9NO2. The normalized spacial score (nSPS) is 9.64. The molecule has 0 saturated carbocycles. The minimum Gasteiger partial charge on any atom is -0.328 e. The fourth-order valence-electron chi connectivity index (χ4n) is 0.801. The van der Waals surface area contributed by atoms with Gasteiger partial charge < -0.3 is 4.98 Å². The lowest BCUT2D eigenvalue weighted by Crippen LogP contribution is -2.10. The van der Waals surface area contributed by atoms with Crippen molar-refractivity contribution in [3.8, 4) is 0 Å². The van der Waals surface area contributed by atoms with E-state index < -0.39 is 0 Å². The van der Waals surface area contributed by atoms with Gasteiger partial charge in [-0.25, -0.2) is 0 Å². The summed E-state index contributed by atoms with van der Waals surface area (Å²) in [6.45, 7) is 3.14. The highest BCUT2D eigenvalue weighted by Gasteiger charge is 1.99. The maximum atomic E-state index is 10.8. The average molecular weight is 151 g/mol. The van der Waals surface area contributed by atoms with Crippen molar-refractivity contribution in [1.29, 1.82) is 0 Å². The van der Waals surface area contributed by atoms with Crippen LogP contribution in [-0.2, 0) is 0 Å². The van der Waals surface area contributed by atoms with Crippen LogP contribution in [0.5, 0.6) is 0 Å². The summed E-state index contributed by atoms with van der Waals surface area (Å²) >= 11 is 0. The van der Waals surface area contributed by atoms with Gasteiger partial charge in [-0.15, -0.1) is 0 Å². The van der Waals surface area contributed by atoms with E-state index in [0.717, 1.165) is 0 Å². The third kappa shape index (κ3) is 1.55. The van der Waals surface area contributed by atoms with E-state index in [9.17, 15) is 9.59 Å². The summed E-state index contributed by atoms with van der Waals surface area (Å²) in [7, 11) is 0. The first kappa shape index (κ1) is 7.72. The molecule has 1 N–H and O–H groups in total. The number of nitrogens with one attached hydrogen (secondary N) is 1. The molecule has 1 aromatic rings. The molecule has 3 heteroatoms. The van der Waals surface area contributed by atoms with Crippen molar-refractivity contribution < 1.29 is 4.79 Å². The third-order valence-electron chi connectivity index (χ3n) is 1.50. The van der Waals surface area contributed by atoms with Crippen molar-refractivity contribution in [3.05, 3.63) is 33.7 Å². The minimum absolute atomic E-state index is 0.0376. The summed E-state index contributed by atoms with van der Waals surface area (Å²) < 4.78 is 0. The molecule has 0 radical (unpaired) electrons. The second-order valence-corrected chi connectivity index (χ2v) is 2.46. The largest absolute Gasteiger partial charge is 0.328 e. The Morgan fingerprint density at radius 3 is 2.64 bits per heavy atom. The Labute approximate surface area is 64.1 Å². The summed E-state index contributed by atoms with van der Waals surface area (Å²) in [5, 5.41) is 0. The molecule has 0 spiro atoms. The number of Topliss-reactive ketones (excluding diaryl/α,β-unsaturated/α-hetero) is 1. The van der Waals surface area contributed by atoms with Crippen molar-refractivity contribution in [3.63, 3.8) is 0 Å². The highest BCUT2D eigenvalue weighted by Crippen LogP contribution is 1.97. The van der Waals surface area contributed by atoms with Crippen LogP contribution in [-0.4, -0.2) is 10.8 Å². The Morgan fingerprint density at radius 2 is 2.18 bits per heavy atom. The first-order chi connectivity index (χ1) is 5.11. The van der Waals surface area contributed by atoms with Crippen LogP contribution in [0.4, 0.5) is 0 Å². The molecule has 1 heterocycles. The van der Waals surface area contributed by atoms with Crippen molar-refractivity contribution in [1.82, 2.24) is 4.98 Å². The van der Waals surface area contributed by atoms with Crippen LogP contribution in [0, 0.1) is 6.92 Å². The average Bonchev–Trinajstić information content (AvgIpc) is 1.94. The number of H-pyrrole nitrogens is 1. The highest BCUT2D eigenvalue weighted by molar-refractivity contribution is 5.93. The Kier molecular flexibility index (Phi) is 1.89. The predicted molar refractivity (Wildman–Crippen MR) is 41.8 cm³/mol. The maximum absolute atomic E-state index is 10.8. The van der Waals surface area contributed by atoms with E-state index in [1.54, 1.807) is 13.0 Å². The molecule has 0 amide bonds. The summed E-state index contributed by atoms with van der Waals surface area (Å²) in [5.74, 6) is -0.0376. The molecule has 0 aliphatic rings. The van der Waals surface area contributed by atoms with Gasteiger partial charge >= 0.3 is 0 Å². The number of pyridine rings is 1. The van der Waals surface area contributed by atoms with Crippen molar-refractivity contribution >= 4 is 5.78 Å². The zero-order chi connectivity index (χ0) is 8.43. The van der Waals surface area contributed by atoms with Crippen LogP contribution in [0.25, 0.3) is 0 Å². The van der Waals surface area contributed by atoms with E-state index in [1.165, 1.54) is 13.1 Å². The SMILES string of the molecule is CC(=O)c1c[nH]c(=O)c(C)c1. The number of rotatable bonds is 1. The molecule has 1 rings (SSSR count). The van der Waals surface area contributed by atoms with Gasteiger partial charge in [-0.05, 0) is 19.9 Å². The van der Waals surface area contributed by atoms with Crippen molar-refractivity contribution in [2.75, 3.05) is 0 Å². The lowest BCUT2D eigenvalue weighted by Gasteiger charge is -1.94. The molecule has 0 aliphatic heterocycles. The van der Waals surface area contributed by atoms with E-state index in [0.29, 0.717) is 11.1 Å². The Bertz CT molecular complexity index is 338. The Balaban J connectivity index is 3.26. The van der Waals surface area contributed by atoms with Gasteiger partial charge in [0.2, 0.25) is 0 Å². The van der Waals surface area contributed by atoms with Gasteiger partial charge in [0.05, 0.1) is 0 Å². The first-order valence-corrected chi connectivity index (χ1v) is 3.31. The zero-order valence-electron chi connectivity index (χ0n) is 6.47. The maximum Gasteiger partial charge on any atom is 0.250 e. The Hall–Kier alpha value is -1.38. The molecular weight excluding hydrogens is 142 g/mol. The van der Waals surface area contributed by atoms with Gasteiger partial charge in [0.15, 0.2) is 5.78 Å². The molecule has 0 bridgehead atoms. The van der Waals surface area contributed by atoms with Crippen LogP contribution >= 0.6 is 0 Å². The van der Waals surface area contributed by atoms with Crippen LogP contribution in [0.3, 0.4) is 0 Å². The van der Waals surface area contributed by atoms with Crippen LogP contribution in [0.2, 0.25) is 0 Å². The summed E-state index contributed by atoms with van der Waals surface area (Å²) in [5.41, 5.74) is 0.967. The number of carbonyl (C=O) groups is 1. The number of aryl methyl sites for hydroxylation is 1. The van der Waals surface area contributed by atoms with E-state index >= 15 is 0 Å². The lowest BCUT2D eigenvalue weighted by molar-refractivity contribution is 0.101. The second kappa shape index (κ2) is 2.70. The second-order valence-electron chi connectivity index (χ2n) is 2.46. The van der Waals surface area contributed by atoms with Gasteiger partial charge in [0.1, 0.15) is 0 Å². The number of ketones is 1. The molecule has 1 aromatic heterocycles. The summed E-state index contributed by atoms with van der Waals surface area (Å²) in [4.78, 5) is 24.1. The number of hydrogen-bond acceptors (Lipinski definition) is 2. The lowest BCUT2D eigenvalue weighted by atomic mass is 10.2.